The van der Waals surface area contributed by atoms with Crippen LogP contribution in [0.15, 0.2) is 28.9 Å². The van der Waals surface area contributed by atoms with Gasteiger partial charge in [0.1, 0.15) is 11.6 Å². The normalized spacial score (nSPS) is 10.5. The van der Waals surface area contributed by atoms with Crippen LogP contribution in [0.1, 0.15) is 0 Å². The maximum Gasteiger partial charge on any atom is 0.182 e. The number of anilines is 2. The summed E-state index contributed by atoms with van der Waals surface area (Å²) in [5.41, 5.74) is -0.371. The first kappa shape index (κ1) is 13.2. The summed E-state index contributed by atoms with van der Waals surface area (Å²) in [5.74, 6) is -3.28. The molecule has 0 fully saturated rings. The Morgan fingerprint density at radius 3 is 2.56 bits per heavy atom. The molecule has 0 bridgehead atoms. The molecule has 1 heterocycles. The van der Waals surface area contributed by atoms with Crippen LogP contribution in [-0.4, -0.2) is 4.98 Å². The lowest BCUT2D eigenvalue weighted by atomic mass is 10.2. The Morgan fingerprint density at radius 2 is 1.89 bits per heavy atom. The van der Waals surface area contributed by atoms with E-state index in [4.69, 9.17) is 11.6 Å². The first-order chi connectivity index (χ1) is 8.47. The van der Waals surface area contributed by atoms with Gasteiger partial charge in [0.25, 0.3) is 0 Å². The van der Waals surface area contributed by atoms with E-state index in [0.717, 1.165) is 6.07 Å². The highest BCUT2D eigenvalue weighted by Crippen LogP contribution is 2.28. The Bertz CT molecular complexity index is 607. The largest absolute Gasteiger partial charge is 0.336 e. The molecule has 1 aromatic carbocycles. The molecule has 0 atom stereocenters. The molecule has 7 heteroatoms. The molecule has 0 radical (unpaired) electrons. The third-order valence-corrected chi connectivity index (χ3v) is 2.78. The van der Waals surface area contributed by atoms with Crippen LogP contribution in [0.25, 0.3) is 0 Å². The minimum absolute atomic E-state index is 0.101. The summed E-state index contributed by atoms with van der Waals surface area (Å²) >= 11 is 9.00. The zero-order valence-electron chi connectivity index (χ0n) is 8.65. The molecule has 2 rings (SSSR count). The van der Waals surface area contributed by atoms with Gasteiger partial charge in [-0.3, -0.25) is 0 Å². The Hall–Kier alpha value is -1.27. The van der Waals surface area contributed by atoms with Gasteiger partial charge in [-0.15, -0.1) is 0 Å². The summed E-state index contributed by atoms with van der Waals surface area (Å²) < 4.78 is 40.0. The molecule has 94 valence electrons. The zero-order chi connectivity index (χ0) is 13.3. The van der Waals surface area contributed by atoms with Crippen LogP contribution in [-0.2, 0) is 0 Å². The van der Waals surface area contributed by atoms with Gasteiger partial charge in [0.2, 0.25) is 0 Å². The lowest BCUT2D eigenvalue weighted by Crippen LogP contribution is -2.00. The van der Waals surface area contributed by atoms with E-state index in [1.54, 1.807) is 0 Å². The van der Waals surface area contributed by atoms with Gasteiger partial charge in [-0.25, -0.2) is 18.2 Å². The average molecular weight is 338 g/mol. The van der Waals surface area contributed by atoms with Gasteiger partial charge in [-0.2, -0.15) is 0 Å². The number of halogens is 5. The third kappa shape index (κ3) is 2.76. The first-order valence-corrected chi connectivity index (χ1v) is 5.87. The molecule has 2 nitrogen and oxygen atoms in total. The second-order valence-corrected chi connectivity index (χ2v) is 4.68. The van der Waals surface area contributed by atoms with Crippen molar-refractivity contribution in [1.82, 2.24) is 4.98 Å². The van der Waals surface area contributed by atoms with Crippen molar-refractivity contribution < 1.29 is 13.2 Å². The number of hydrogen-bond donors (Lipinski definition) is 1. The minimum Gasteiger partial charge on any atom is -0.336 e. The highest BCUT2D eigenvalue weighted by molar-refractivity contribution is 9.10. The summed E-state index contributed by atoms with van der Waals surface area (Å²) in [6, 6.07) is 2.79. The molecule has 0 aliphatic rings. The Kier molecular flexibility index (Phi) is 3.77. The molecule has 2 aromatic rings. The van der Waals surface area contributed by atoms with Gasteiger partial charge in [0, 0.05) is 22.8 Å². The van der Waals surface area contributed by atoms with E-state index in [1.165, 1.54) is 12.3 Å². The Balaban J connectivity index is 2.40. The summed E-state index contributed by atoms with van der Waals surface area (Å²) in [7, 11) is 0. The monoisotopic (exact) mass is 336 g/mol. The van der Waals surface area contributed by atoms with Gasteiger partial charge in [-0.1, -0.05) is 11.6 Å². The van der Waals surface area contributed by atoms with Crippen molar-refractivity contribution in [3.05, 3.63) is 51.3 Å². The molecule has 0 saturated heterocycles. The zero-order valence-corrected chi connectivity index (χ0v) is 11.0. The van der Waals surface area contributed by atoms with Crippen LogP contribution < -0.4 is 5.32 Å². The van der Waals surface area contributed by atoms with Crippen LogP contribution in [0.4, 0.5) is 24.7 Å². The Morgan fingerprint density at radius 1 is 1.17 bits per heavy atom. The van der Waals surface area contributed by atoms with Crippen molar-refractivity contribution in [3.8, 4) is 0 Å². The molecule has 18 heavy (non-hydrogen) atoms. The van der Waals surface area contributed by atoms with E-state index < -0.39 is 17.5 Å². The molecular formula is C11H5BrClF3N2. The van der Waals surface area contributed by atoms with Crippen LogP contribution >= 0.6 is 27.5 Å². The summed E-state index contributed by atoms with van der Waals surface area (Å²) in [4.78, 5) is 3.87. The molecule has 0 spiro atoms. The van der Waals surface area contributed by atoms with E-state index in [9.17, 15) is 13.2 Å². The summed E-state index contributed by atoms with van der Waals surface area (Å²) in [6.45, 7) is 0. The van der Waals surface area contributed by atoms with E-state index in [1.807, 2.05) is 0 Å². The van der Waals surface area contributed by atoms with E-state index in [2.05, 4.69) is 26.2 Å². The maximum absolute atomic E-state index is 13.4. The van der Waals surface area contributed by atoms with Crippen molar-refractivity contribution in [3.63, 3.8) is 0 Å². The van der Waals surface area contributed by atoms with E-state index >= 15 is 0 Å². The van der Waals surface area contributed by atoms with Crippen LogP contribution in [0.2, 0.25) is 5.02 Å². The second kappa shape index (κ2) is 5.16. The fourth-order valence-electron chi connectivity index (χ4n) is 1.28. The summed E-state index contributed by atoms with van der Waals surface area (Å²) in [6.07, 6.45) is 1.42. The SMILES string of the molecule is Fc1cc(F)c(F)c(Nc2ncc(Br)cc2Cl)c1. The van der Waals surface area contributed by atoms with Crippen molar-refractivity contribution in [2.75, 3.05) is 5.32 Å². The summed E-state index contributed by atoms with van der Waals surface area (Å²) in [5, 5.41) is 2.62. The molecule has 0 saturated carbocycles. The molecule has 0 amide bonds. The number of nitrogens with one attached hydrogen (secondary N) is 1. The standard InChI is InChI=1S/C11H5BrClF3N2/c12-5-1-7(13)11(17-4-5)18-9-3-6(14)2-8(15)10(9)16/h1-4H,(H,17,18). The molecular weight excluding hydrogens is 332 g/mol. The van der Waals surface area contributed by atoms with E-state index in [-0.39, 0.29) is 16.5 Å². The fourth-order valence-corrected chi connectivity index (χ4v) is 1.96. The smallest absolute Gasteiger partial charge is 0.182 e. The van der Waals surface area contributed by atoms with Crippen molar-refractivity contribution in [2.24, 2.45) is 0 Å². The maximum atomic E-state index is 13.4. The van der Waals surface area contributed by atoms with E-state index in [0.29, 0.717) is 10.5 Å². The van der Waals surface area contributed by atoms with Crippen LogP contribution in [0.5, 0.6) is 0 Å². The molecule has 1 aromatic heterocycles. The van der Waals surface area contributed by atoms with Crippen molar-refractivity contribution in [1.29, 1.82) is 0 Å². The van der Waals surface area contributed by atoms with Gasteiger partial charge < -0.3 is 5.32 Å². The molecule has 0 aliphatic heterocycles. The third-order valence-electron chi connectivity index (χ3n) is 2.05. The number of aromatic nitrogens is 1. The average Bonchev–Trinajstić information content (AvgIpc) is 2.29. The quantitative estimate of drug-likeness (QED) is 0.806. The number of pyridine rings is 1. The van der Waals surface area contributed by atoms with Crippen molar-refractivity contribution in [2.45, 2.75) is 0 Å². The molecule has 0 unspecified atom stereocenters. The second-order valence-electron chi connectivity index (χ2n) is 3.36. The fraction of sp³-hybridized carbons (Fsp3) is 0. The van der Waals surface area contributed by atoms with Gasteiger partial charge in [-0.05, 0) is 22.0 Å². The lowest BCUT2D eigenvalue weighted by Gasteiger charge is -2.09. The predicted octanol–water partition coefficient (Wildman–Crippen LogP) is 4.66. The Labute approximate surface area is 114 Å². The highest BCUT2D eigenvalue weighted by atomic mass is 79.9. The van der Waals surface area contributed by atoms with Gasteiger partial charge in [0.05, 0.1) is 10.7 Å². The first-order valence-electron chi connectivity index (χ1n) is 4.70. The predicted molar refractivity (Wildman–Crippen MR) is 66.5 cm³/mol. The number of nitrogens with zero attached hydrogens (tertiary/aromatic N) is 1. The number of hydrogen-bond acceptors (Lipinski definition) is 2. The van der Waals surface area contributed by atoms with Gasteiger partial charge >= 0.3 is 0 Å². The van der Waals surface area contributed by atoms with Crippen molar-refractivity contribution >= 4 is 39.0 Å². The number of rotatable bonds is 2. The molecule has 0 aliphatic carbocycles. The number of benzene rings is 1. The van der Waals surface area contributed by atoms with Gasteiger partial charge in [0.15, 0.2) is 11.6 Å². The van der Waals surface area contributed by atoms with Crippen LogP contribution in [0.3, 0.4) is 0 Å². The lowest BCUT2D eigenvalue weighted by molar-refractivity contribution is 0.498. The minimum atomic E-state index is -1.29. The molecule has 1 N–H and O–H groups in total. The topological polar surface area (TPSA) is 24.9 Å². The highest BCUT2D eigenvalue weighted by Gasteiger charge is 2.13. The van der Waals surface area contributed by atoms with Crippen LogP contribution in [0, 0.1) is 17.5 Å².